The quantitative estimate of drug-likeness (QED) is 0.855. The number of hydrogen-bond donors (Lipinski definition) is 0. The van der Waals surface area contributed by atoms with E-state index < -0.39 is 6.10 Å². The van der Waals surface area contributed by atoms with E-state index in [9.17, 15) is 4.79 Å². The molecule has 1 aliphatic rings. The Kier molecular flexibility index (Phi) is 4.82. The van der Waals surface area contributed by atoms with Crippen molar-refractivity contribution in [2.75, 3.05) is 26.3 Å². The van der Waals surface area contributed by atoms with Crippen LogP contribution in [-0.4, -0.2) is 43.2 Å². The van der Waals surface area contributed by atoms with Crippen LogP contribution in [0, 0.1) is 6.92 Å². The van der Waals surface area contributed by atoms with E-state index in [4.69, 9.17) is 9.47 Å². The first-order valence-corrected chi connectivity index (χ1v) is 7.16. The lowest BCUT2D eigenvalue weighted by atomic mass is 10.2. The smallest absolute Gasteiger partial charge is 0.263 e. The number of halogens is 1. The molecule has 1 aromatic rings. The summed E-state index contributed by atoms with van der Waals surface area (Å²) >= 11 is 3.44. The van der Waals surface area contributed by atoms with Gasteiger partial charge in [0.2, 0.25) is 0 Å². The van der Waals surface area contributed by atoms with Crippen molar-refractivity contribution in [3.05, 3.63) is 28.2 Å². The van der Waals surface area contributed by atoms with E-state index in [1.165, 1.54) is 0 Å². The molecule has 1 heterocycles. The number of morpholine rings is 1. The fourth-order valence-electron chi connectivity index (χ4n) is 1.99. The van der Waals surface area contributed by atoms with Gasteiger partial charge < -0.3 is 14.4 Å². The first kappa shape index (κ1) is 14.3. The van der Waals surface area contributed by atoms with Crippen LogP contribution in [0.3, 0.4) is 0 Å². The van der Waals surface area contributed by atoms with Crippen molar-refractivity contribution in [3.63, 3.8) is 0 Å². The highest BCUT2D eigenvalue weighted by molar-refractivity contribution is 9.10. The third-order valence-corrected chi connectivity index (χ3v) is 4.00. The number of rotatable bonds is 3. The molecule has 104 valence electrons. The maximum absolute atomic E-state index is 12.2. The average molecular weight is 328 g/mol. The maximum atomic E-state index is 12.2. The Morgan fingerprint density at radius 1 is 1.42 bits per heavy atom. The minimum Gasteiger partial charge on any atom is -0.481 e. The zero-order valence-electron chi connectivity index (χ0n) is 11.2. The first-order chi connectivity index (χ1) is 9.08. The SMILES string of the molecule is Cc1cc(OC(C)C(=O)N2CCOCC2)ccc1Br. The molecule has 0 saturated carbocycles. The third-order valence-electron chi connectivity index (χ3n) is 3.11. The van der Waals surface area contributed by atoms with Gasteiger partial charge in [-0.15, -0.1) is 0 Å². The molecule has 0 bridgehead atoms. The Hall–Kier alpha value is -1.07. The highest BCUT2D eigenvalue weighted by Crippen LogP contribution is 2.22. The standard InChI is InChI=1S/C14H18BrNO3/c1-10-9-12(3-4-13(10)15)19-11(2)14(17)16-5-7-18-8-6-16/h3-4,9,11H,5-8H2,1-2H3. The zero-order valence-corrected chi connectivity index (χ0v) is 12.8. The fraction of sp³-hybridized carbons (Fsp3) is 0.500. The van der Waals surface area contributed by atoms with Crippen LogP contribution in [0.5, 0.6) is 5.75 Å². The van der Waals surface area contributed by atoms with Crippen molar-refractivity contribution < 1.29 is 14.3 Å². The molecule has 1 amide bonds. The predicted molar refractivity (Wildman–Crippen MR) is 76.4 cm³/mol. The van der Waals surface area contributed by atoms with E-state index in [1.54, 1.807) is 11.8 Å². The van der Waals surface area contributed by atoms with Gasteiger partial charge in [0.1, 0.15) is 5.75 Å². The molecule has 5 heteroatoms. The molecule has 1 aliphatic heterocycles. The van der Waals surface area contributed by atoms with Crippen molar-refractivity contribution in [3.8, 4) is 5.75 Å². The van der Waals surface area contributed by atoms with Crippen LogP contribution in [0.2, 0.25) is 0 Å². The number of benzene rings is 1. The zero-order chi connectivity index (χ0) is 13.8. The summed E-state index contributed by atoms with van der Waals surface area (Å²) in [4.78, 5) is 14.0. The van der Waals surface area contributed by atoms with Gasteiger partial charge in [-0.3, -0.25) is 4.79 Å². The highest BCUT2D eigenvalue weighted by Gasteiger charge is 2.23. The molecule has 1 atom stereocenters. The van der Waals surface area contributed by atoms with Gasteiger partial charge in [0.15, 0.2) is 6.10 Å². The number of carbonyl (C=O) groups is 1. The van der Waals surface area contributed by atoms with E-state index >= 15 is 0 Å². The number of ether oxygens (including phenoxy) is 2. The number of carbonyl (C=O) groups excluding carboxylic acids is 1. The number of amides is 1. The lowest BCUT2D eigenvalue weighted by Crippen LogP contribution is -2.46. The summed E-state index contributed by atoms with van der Waals surface area (Å²) in [6.07, 6.45) is -0.473. The Morgan fingerprint density at radius 2 is 2.11 bits per heavy atom. The van der Waals surface area contributed by atoms with Crippen LogP contribution in [-0.2, 0) is 9.53 Å². The van der Waals surface area contributed by atoms with E-state index in [0.717, 1.165) is 15.8 Å². The number of aryl methyl sites for hydroxylation is 1. The molecular weight excluding hydrogens is 310 g/mol. The molecule has 1 aromatic carbocycles. The van der Waals surface area contributed by atoms with Gasteiger partial charge in [-0.25, -0.2) is 0 Å². The van der Waals surface area contributed by atoms with E-state index in [2.05, 4.69) is 15.9 Å². The molecule has 19 heavy (non-hydrogen) atoms. The summed E-state index contributed by atoms with van der Waals surface area (Å²) in [5.74, 6) is 0.735. The first-order valence-electron chi connectivity index (χ1n) is 6.37. The second kappa shape index (κ2) is 6.39. The van der Waals surface area contributed by atoms with Gasteiger partial charge in [0, 0.05) is 17.6 Å². The van der Waals surface area contributed by atoms with Crippen LogP contribution in [0.15, 0.2) is 22.7 Å². The maximum Gasteiger partial charge on any atom is 0.263 e. The molecule has 4 nitrogen and oxygen atoms in total. The molecule has 0 N–H and O–H groups in total. The summed E-state index contributed by atoms with van der Waals surface area (Å²) in [6, 6.07) is 5.71. The van der Waals surface area contributed by atoms with Gasteiger partial charge >= 0.3 is 0 Å². The van der Waals surface area contributed by atoms with Crippen molar-refractivity contribution in [1.82, 2.24) is 4.90 Å². The van der Waals surface area contributed by atoms with Gasteiger partial charge in [-0.2, -0.15) is 0 Å². The molecule has 1 saturated heterocycles. The molecule has 0 radical (unpaired) electrons. The largest absolute Gasteiger partial charge is 0.481 e. The van der Waals surface area contributed by atoms with Gasteiger partial charge in [-0.05, 0) is 37.6 Å². The van der Waals surface area contributed by atoms with Crippen LogP contribution >= 0.6 is 15.9 Å². The third kappa shape index (κ3) is 3.70. The molecular formula is C14H18BrNO3. The topological polar surface area (TPSA) is 38.8 Å². The van der Waals surface area contributed by atoms with Crippen LogP contribution in [0.1, 0.15) is 12.5 Å². The van der Waals surface area contributed by atoms with Gasteiger partial charge in [-0.1, -0.05) is 15.9 Å². The summed E-state index contributed by atoms with van der Waals surface area (Å²) in [7, 11) is 0. The molecule has 0 aliphatic carbocycles. The van der Waals surface area contributed by atoms with Crippen LogP contribution in [0.25, 0.3) is 0 Å². The second-order valence-corrected chi connectivity index (χ2v) is 5.46. The molecule has 0 spiro atoms. The molecule has 1 fully saturated rings. The summed E-state index contributed by atoms with van der Waals surface area (Å²) in [5, 5.41) is 0. The molecule has 2 rings (SSSR count). The number of hydrogen-bond acceptors (Lipinski definition) is 3. The summed E-state index contributed by atoms with van der Waals surface area (Å²) in [5.41, 5.74) is 1.09. The van der Waals surface area contributed by atoms with E-state index in [-0.39, 0.29) is 5.91 Å². The Balaban J connectivity index is 1.97. The minimum absolute atomic E-state index is 0.0175. The Bertz CT molecular complexity index is 458. The monoisotopic (exact) mass is 327 g/mol. The highest BCUT2D eigenvalue weighted by atomic mass is 79.9. The summed E-state index contributed by atoms with van der Waals surface area (Å²) in [6.45, 7) is 6.28. The lowest BCUT2D eigenvalue weighted by Gasteiger charge is -2.29. The minimum atomic E-state index is -0.473. The molecule has 0 aromatic heterocycles. The van der Waals surface area contributed by atoms with Crippen molar-refractivity contribution >= 4 is 21.8 Å². The van der Waals surface area contributed by atoms with Gasteiger partial charge in [0.05, 0.1) is 13.2 Å². The lowest BCUT2D eigenvalue weighted by molar-refractivity contribution is -0.142. The summed E-state index contributed by atoms with van der Waals surface area (Å²) < 4.78 is 12.0. The van der Waals surface area contributed by atoms with Crippen molar-refractivity contribution in [2.24, 2.45) is 0 Å². The Labute approximate surface area is 121 Å². The number of nitrogens with zero attached hydrogens (tertiary/aromatic N) is 1. The molecule has 1 unspecified atom stereocenters. The second-order valence-electron chi connectivity index (χ2n) is 4.61. The predicted octanol–water partition coefficient (Wildman–Crippen LogP) is 2.38. The van der Waals surface area contributed by atoms with E-state index in [0.29, 0.717) is 26.3 Å². The Morgan fingerprint density at radius 3 is 2.74 bits per heavy atom. The van der Waals surface area contributed by atoms with E-state index in [1.807, 2.05) is 25.1 Å². The normalized spacial score (nSPS) is 17.1. The van der Waals surface area contributed by atoms with Crippen molar-refractivity contribution in [1.29, 1.82) is 0 Å². The van der Waals surface area contributed by atoms with Crippen LogP contribution < -0.4 is 4.74 Å². The van der Waals surface area contributed by atoms with Gasteiger partial charge in [0.25, 0.3) is 5.91 Å². The van der Waals surface area contributed by atoms with Crippen molar-refractivity contribution in [2.45, 2.75) is 20.0 Å². The fourth-order valence-corrected chi connectivity index (χ4v) is 2.23. The van der Waals surface area contributed by atoms with Crippen LogP contribution in [0.4, 0.5) is 0 Å². The average Bonchev–Trinajstić information content (AvgIpc) is 2.43.